The first-order chi connectivity index (χ1) is 8.08. The summed E-state index contributed by atoms with van der Waals surface area (Å²) in [6, 6.07) is 1.96. The third-order valence-electron chi connectivity index (χ3n) is 2.38. The molecule has 0 spiro atoms. The molecule has 2 N–H and O–H groups in total. The predicted octanol–water partition coefficient (Wildman–Crippen LogP) is 2.05. The lowest BCUT2D eigenvalue weighted by Crippen LogP contribution is -2.33. The number of hydrogen-bond donors (Lipinski definition) is 2. The normalized spacial score (nSPS) is 12.1. The molecule has 17 heavy (non-hydrogen) atoms. The number of thiophene rings is 1. The minimum atomic E-state index is -0.790. The molecule has 0 aliphatic carbocycles. The molecular formula is C12H17NO3S. The van der Waals surface area contributed by atoms with E-state index in [-0.39, 0.29) is 18.4 Å². The van der Waals surface area contributed by atoms with Crippen LogP contribution in [0.2, 0.25) is 0 Å². The van der Waals surface area contributed by atoms with Gasteiger partial charge in [0.2, 0.25) is 5.91 Å². The molecule has 1 aromatic rings. The van der Waals surface area contributed by atoms with Crippen molar-refractivity contribution in [1.29, 1.82) is 0 Å². The number of amides is 1. The Kier molecular flexibility index (Phi) is 5.69. The van der Waals surface area contributed by atoms with E-state index in [1.54, 1.807) is 11.3 Å². The van der Waals surface area contributed by atoms with Crippen LogP contribution in [0.4, 0.5) is 0 Å². The van der Waals surface area contributed by atoms with E-state index in [0.29, 0.717) is 19.3 Å². The van der Waals surface area contributed by atoms with Crippen LogP contribution in [-0.2, 0) is 16.0 Å². The van der Waals surface area contributed by atoms with Gasteiger partial charge in [-0.05, 0) is 42.2 Å². The molecule has 4 nitrogen and oxygen atoms in total. The van der Waals surface area contributed by atoms with Crippen LogP contribution in [0.3, 0.4) is 0 Å². The summed E-state index contributed by atoms with van der Waals surface area (Å²) in [7, 11) is 0. The SMILES string of the molecule is CC(CCCC(=O)O)NC(=O)Cc1ccsc1. The molecule has 1 unspecified atom stereocenters. The monoisotopic (exact) mass is 255 g/mol. The van der Waals surface area contributed by atoms with Crippen molar-refractivity contribution in [3.8, 4) is 0 Å². The Labute approximate surface area is 105 Å². The fourth-order valence-corrected chi connectivity index (χ4v) is 2.20. The molecule has 5 heteroatoms. The highest BCUT2D eigenvalue weighted by Crippen LogP contribution is 2.07. The molecule has 1 amide bonds. The predicted molar refractivity (Wildman–Crippen MR) is 67.1 cm³/mol. The lowest BCUT2D eigenvalue weighted by molar-refractivity contribution is -0.137. The highest BCUT2D eigenvalue weighted by atomic mass is 32.1. The van der Waals surface area contributed by atoms with Crippen molar-refractivity contribution in [2.45, 2.75) is 38.6 Å². The molecular weight excluding hydrogens is 238 g/mol. The Balaban J connectivity index is 2.19. The maximum absolute atomic E-state index is 11.6. The maximum Gasteiger partial charge on any atom is 0.303 e. The minimum absolute atomic E-state index is 0.00812. The van der Waals surface area contributed by atoms with E-state index < -0.39 is 5.97 Å². The quantitative estimate of drug-likeness (QED) is 0.783. The number of carboxylic acid groups (broad SMARTS) is 1. The van der Waals surface area contributed by atoms with Gasteiger partial charge in [-0.15, -0.1) is 0 Å². The van der Waals surface area contributed by atoms with Gasteiger partial charge in [0.15, 0.2) is 0 Å². The van der Waals surface area contributed by atoms with Crippen molar-refractivity contribution in [1.82, 2.24) is 5.32 Å². The summed E-state index contributed by atoms with van der Waals surface area (Å²) in [4.78, 5) is 21.9. The largest absolute Gasteiger partial charge is 0.481 e. The first kappa shape index (κ1) is 13.7. The molecule has 0 bridgehead atoms. The van der Waals surface area contributed by atoms with Gasteiger partial charge in [-0.25, -0.2) is 0 Å². The molecule has 0 aliphatic heterocycles. The summed E-state index contributed by atoms with van der Waals surface area (Å²) in [5.41, 5.74) is 1.02. The summed E-state index contributed by atoms with van der Waals surface area (Å²) in [6.07, 6.45) is 1.84. The van der Waals surface area contributed by atoms with Gasteiger partial charge in [-0.2, -0.15) is 11.3 Å². The molecule has 1 aromatic heterocycles. The van der Waals surface area contributed by atoms with Gasteiger partial charge in [0.1, 0.15) is 0 Å². The molecule has 1 rings (SSSR count). The third-order valence-corrected chi connectivity index (χ3v) is 3.11. The lowest BCUT2D eigenvalue weighted by atomic mass is 10.1. The van der Waals surface area contributed by atoms with Crippen LogP contribution in [-0.4, -0.2) is 23.0 Å². The number of hydrogen-bond acceptors (Lipinski definition) is 3. The first-order valence-corrected chi connectivity index (χ1v) is 6.54. The summed E-state index contributed by atoms with van der Waals surface area (Å²) in [5, 5.41) is 15.3. The second-order valence-electron chi connectivity index (χ2n) is 4.06. The second-order valence-corrected chi connectivity index (χ2v) is 4.84. The summed E-state index contributed by atoms with van der Waals surface area (Å²) < 4.78 is 0. The second kappa shape index (κ2) is 7.06. The number of carbonyl (C=O) groups is 2. The number of rotatable bonds is 7. The van der Waals surface area contributed by atoms with Crippen molar-refractivity contribution in [3.05, 3.63) is 22.4 Å². The zero-order valence-electron chi connectivity index (χ0n) is 9.81. The van der Waals surface area contributed by atoms with Crippen LogP contribution in [0.5, 0.6) is 0 Å². The minimum Gasteiger partial charge on any atom is -0.481 e. The Morgan fingerprint density at radius 3 is 2.88 bits per heavy atom. The number of nitrogens with one attached hydrogen (secondary N) is 1. The van der Waals surface area contributed by atoms with Gasteiger partial charge in [-0.1, -0.05) is 0 Å². The number of carboxylic acids is 1. The Bertz CT molecular complexity index is 362. The highest BCUT2D eigenvalue weighted by Gasteiger charge is 2.09. The topological polar surface area (TPSA) is 66.4 Å². The van der Waals surface area contributed by atoms with Gasteiger partial charge in [0.05, 0.1) is 6.42 Å². The van der Waals surface area contributed by atoms with Gasteiger partial charge in [0, 0.05) is 12.5 Å². The fourth-order valence-electron chi connectivity index (χ4n) is 1.54. The average molecular weight is 255 g/mol. The Hall–Kier alpha value is -1.36. The molecule has 1 heterocycles. The average Bonchev–Trinajstić information content (AvgIpc) is 2.69. The van der Waals surface area contributed by atoms with Crippen LogP contribution in [0.25, 0.3) is 0 Å². The van der Waals surface area contributed by atoms with Gasteiger partial charge in [0.25, 0.3) is 0 Å². The summed E-state index contributed by atoms with van der Waals surface area (Å²) in [5.74, 6) is -0.798. The van der Waals surface area contributed by atoms with Crippen molar-refractivity contribution in [2.75, 3.05) is 0 Å². The first-order valence-electron chi connectivity index (χ1n) is 5.60. The van der Waals surface area contributed by atoms with E-state index >= 15 is 0 Å². The molecule has 94 valence electrons. The molecule has 0 aromatic carbocycles. The molecule has 0 saturated carbocycles. The number of carbonyl (C=O) groups excluding carboxylic acids is 1. The van der Waals surface area contributed by atoms with Crippen LogP contribution in [0, 0.1) is 0 Å². The smallest absolute Gasteiger partial charge is 0.303 e. The molecule has 0 fully saturated rings. The molecule has 0 saturated heterocycles. The summed E-state index contributed by atoms with van der Waals surface area (Å²) in [6.45, 7) is 1.90. The number of aliphatic carboxylic acids is 1. The standard InChI is InChI=1S/C12H17NO3S/c1-9(3-2-4-12(15)16)13-11(14)7-10-5-6-17-8-10/h5-6,8-9H,2-4,7H2,1H3,(H,13,14)(H,15,16). The Morgan fingerprint density at radius 1 is 1.53 bits per heavy atom. The lowest BCUT2D eigenvalue weighted by Gasteiger charge is -2.12. The van der Waals surface area contributed by atoms with Crippen molar-refractivity contribution < 1.29 is 14.7 Å². The van der Waals surface area contributed by atoms with Crippen LogP contribution in [0.15, 0.2) is 16.8 Å². The maximum atomic E-state index is 11.6. The van der Waals surface area contributed by atoms with Crippen LogP contribution < -0.4 is 5.32 Å². The van der Waals surface area contributed by atoms with E-state index in [1.165, 1.54) is 0 Å². The third kappa shape index (κ3) is 6.06. The molecule has 0 aliphatic rings. The van der Waals surface area contributed by atoms with E-state index in [9.17, 15) is 9.59 Å². The van der Waals surface area contributed by atoms with Gasteiger partial charge < -0.3 is 10.4 Å². The fraction of sp³-hybridized carbons (Fsp3) is 0.500. The summed E-state index contributed by atoms with van der Waals surface area (Å²) >= 11 is 1.57. The van der Waals surface area contributed by atoms with Crippen LogP contribution >= 0.6 is 11.3 Å². The van der Waals surface area contributed by atoms with Crippen molar-refractivity contribution in [3.63, 3.8) is 0 Å². The van der Waals surface area contributed by atoms with Gasteiger partial charge in [-0.3, -0.25) is 9.59 Å². The Morgan fingerprint density at radius 2 is 2.29 bits per heavy atom. The zero-order chi connectivity index (χ0) is 12.7. The van der Waals surface area contributed by atoms with E-state index in [1.807, 2.05) is 23.8 Å². The van der Waals surface area contributed by atoms with E-state index in [0.717, 1.165) is 5.56 Å². The van der Waals surface area contributed by atoms with E-state index in [2.05, 4.69) is 5.32 Å². The van der Waals surface area contributed by atoms with Crippen molar-refractivity contribution >= 4 is 23.2 Å². The molecule has 0 radical (unpaired) electrons. The molecule has 1 atom stereocenters. The van der Waals surface area contributed by atoms with E-state index in [4.69, 9.17) is 5.11 Å². The van der Waals surface area contributed by atoms with Gasteiger partial charge >= 0.3 is 5.97 Å². The van der Waals surface area contributed by atoms with Crippen molar-refractivity contribution in [2.24, 2.45) is 0 Å². The van der Waals surface area contributed by atoms with Crippen LogP contribution in [0.1, 0.15) is 31.7 Å². The highest BCUT2D eigenvalue weighted by molar-refractivity contribution is 7.07. The zero-order valence-corrected chi connectivity index (χ0v) is 10.6.